The van der Waals surface area contributed by atoms with Crippen molar-refractivity contribution in [2.24, 2.45) is 0 Å². The number of rotatable bonds is 14. The Morgan fingerprint density at radius 3 is 1.58 bits per heavy atom. The van der Waals surface area contributed by atoms with Crippen LogP contribution in [0.25, 0.3) is 0 Å². The molecule has 1 atom stereocenters. The van der Waals surface area contributed by atoms with Crippen molar-refractivity contribution in [3.63, 3.8) is 0 Å². The standard InChI is InChI=1S/C16H31FO2/c1-2-3-4-5-6-7-8-9-10-11-12-13-14-15(17)16(18)19/h15H,2-14H2,1H3,(H,18,19). The Morgan fingerprint density at radius 2 is 1.21 bits per heavy atom. The molecule has 3 heteroatoms. The van der Waals surface area contributed by atoms with Crippen LogP contribution in [0.5, 0.6) is 0 Å². The van der Waals surface area contributed by atoms with Crippen LogP contribution in [0.3, 0.4) is 0 Å². The Balaban J connectivity index is 3.05. The van der Waals surface area contributed by atoms with Gasteiger partial charge in [-0.1, -0.05) is 77.6 Å². The van der Waals surface area contributed by atoms with Crippen LogP contribution in [0.2, 0.25) is 0 Å². The van der Waals surface area contributed by atoms with Crippen LogP contribution in [-0.4, -0.2) is 17.2 Å². The molecule has 0 bridgehead atoms. The second-order valence-electron chi connectivity index (χ2n) is 5.48. The van der Waals surface area contributed by atoms with Crippen molar-refractivity contribution in [3.8, 4) is 0 Å². The second kappa shape index (κ2) is 13.8. The summed E-state index contributed by atoms with van der Waals surface area (Å²) >= 11 is 0. The summed E-state index contributed by atoms with van der Waals surface area (Å²) in [5, 5.41) is 8.38. The van der Waals surface area contributed by atoms with E-state index >= 15 is 0 Å². The number of alkyl halides is 1. The van der Waals surface area contributed by atoms with Gasteiger partial charge in [0.2, 0.25) is 0 Å². The first-order chi connectivity index (χ1) is 9.18. The molecule has 0 spiro atoms. The molecule has 19 heavy (non-hydrogen) atoms. The van der Waals surface area contributed by atoms with Gasteiger partial charge in [-0.3, -0.25) is 0 Å². The molecular weight excluding hydrogens is 243 g/mol. The molecule has 0 aliphatic rings. The van der Waals surface area contributed by atoms with Gasteiger partial charge in [-0.15, -0.1) is 0 Å². The Labute approximate surface area is 117 Å². The van der Waals surface area contributed by atoms with Gasteiger partial charge in [0, 0.05) is 0 Å². The lowest BCUT2D eigenvalue weighted by Crippen LogP contribution is -2.13. The molecule has 0 aliphatic heterocycles. The predicted molar refractivity (Wildman–Crippen MR) is 78.2 cm³/mol. The average molecular weight is 274 g/mol. The number of carboxylic acids is 1. The number of carboxylic acid groups (broad SMARTS) is 1. The van der Waals surface area contributed by atoms with Crippen molar-refractivity contribution in [1.82, 2.24) is 0 Å². The fourth-order valence-electron chi connectivity index (χ4n) is 2.29. The van der Waals surface area contributed by atoms with E-state index in [1.807, 2.05) is 0 Å². The molecule has 0 aliphatic carbocycles. The summed E-state index contributed by atoms with van der Waals surface area (Å²) in [4.78, 5) is 10.3. The van der Waals surface area contributed by atoms with Gasteiger partial charge < -0.3 is 5.11 Å². The summed E-state index contributed by atoms with van der Waals surface area (Å²) in [7, 11) is 0. The highest BCUT2D eigenvalue weighted by atomic mass is 19.1. The lowest BCUT2D eigenvalue weighted by molar-refractivity contribution is -0.143. The fourth-order valence-corrected chi connectivity index (χ4v) is 2.29. The van der Waals surface area contributed by atoms with Gasteiger partial charge >= 0.3 is 5.97 Å². The average Bonchev–Trinajstić information content (AvgIpc) is 2.39. The Hall–Kier alpha value is -0.600. The lowest BCUT2D eigenvalue weighted by atomic mass is 10.0. The van der Waals surface area contributed by atoms with E-state index in [9.17, 15) is 9.18 Å². The van der Waals surface area contributed by atoms with Crippen molar-refractivity contribution < 1.29 is 14.3 Å². The van der Waals surface area contributed by atoms with Crippen molar-refractivity contribution >= 4 is 5.97 Å². The molecule has 0 heterocycles. The maximum absolute atomic E-state index is 12.7. The maximum atomic E-state index is 12.7. The van der Waals surface area contributed by atoms with Gasteiger partial charge in [0.05, 0.1) is 0 Å². The Morgan fingerprint density at radius 1 is 0.842 bits per heavy atom. The molecule has 0 radical (unpaired) electrons. The zero-order valence-corrected chi connectivity index (χ0v) is 12.5. The van der Waals surface area contributed by atoms with E-state index in [4.69, 9.17) is 5.11 Å². The second-order valence-corrected chi connectivity index (χ2v) is 5.48. The van der Waals surface area contributed by atoms with Crippen molar-refractivity contribution in [2.45, 2.75) is 96.6 Å². The minimum atomic E-state index is -1.66. The van der Waals surface area contributed by atoms with Crippen molar-refractivity contribution in [2.75, 3.05) is 0 Å². The molecule has 1 N–H and O–H groups in total. The predicted octanol–water partition coefficient (Wildman–Crippen LogP) is 5.50. The normalized spacial score (nSPS) is 12.5. The molecule has 0 amide bonds. The monoisotopic (exact) mass is 274 g/mol. The van der Waals surface area contributed by atoms with Gasteiger partial charge in [-0.2, -0.15) is 0 Å². The summed E-state index contributed by atoms with van der Waals surface area (Å²) in [6, 6.07) is 0. The van der Waals surface area contributed by atoms with Crippen LogP contribution in [0.4, 0.5) is 4.39 Å². The van der Waals surface area contributed by atoms with Crippen LogP contribution in [0.15, 0.2) is 0 Å². The van der Waals surface area contributed by atoms with Crippen LogP contribution in [-0.2, 0) is 4.79 Å². The number of hydrogen-bond donors (Lipinski definition) is 1. The molecule has 0 saturated heterocycles. The van der Waals surface area contributed by atoms with E-state index in [-0.39, 0.29) is 6.42 Å². The van der Waals surface area contributed by atoms with Crippen LogP contribution < -0.4 is 0 Å². The fraction of sp³-hybridized carbons (Fsp3) is 0.938. The topological polar surface area (TPSA) is 37.3 Å². The Bertz CT molecular complexity index is 207. The van der Waals surface area contributed by atoms with E-state index < -0.39 is 12.1 Å². The quantitative estimate of drug-likeness (QED) is 0.425. The summed E-state index contributed by atoms with van der Waals surface area (Å²) in [5.41, 5.74) is 0. The van der Waals surface area contributed by atoms with Crippen LogP contribution >= 0.6 is 0 Å². The van der Waals surface area contributed by atoms with Gasteiger partial charge in [0.25, 0.3) is 0 Å². The smallest absolute Gasteiger partial charge is 0.338 e. The summed E-state index contributed by atoms with van der Waals surface area (Å²) < 4.78 is 12.7. The van der Waals surface area contributed by atoms with Gasteiger partial charge in [-0.25, -0.2) is 9.18 Å². The lowest BCUT2D eigenvalue weighted by Gasteiger charge is -2.04. The Kier molecular flexibility index (Phi) is 13.4. The van der Waals surface area contributed by atoms with E-state index in [0.29, 0.717) is 6.42 Å². The zero-order chi connectivity index (χ0) is 14.3. The highest BCUT2D eigenvalue weighted by molar-refractivity contribution is 5.71. The summed E-state index contributed by atoms with van der Waals surface area (Å²) in [6.45, 7) is 2.24. The molecule has 0 aromatic rings. The molecule has 0 aromatic carbocycles. The molecular formula is C16H31FO2. The molecule has 0 rings (SSSR count). The largest absolute Gasteiger partial charge is 0.479 e. The van der Waals surface area contributed by atoms with E-state index in [0.717, 1.165) is 12.8 Å². The van der Waals surface area contributed by atoms with Gasteiger partial charge in [0.15, 0.2) is 6.17 Å². The number of aliphatic carboxylic acids is 1. The maximum Gasteiger partial charge on any atom is 0.338 e. The first-order valence-corrected chi connectivity index (χ1v) is 8.05. The van der Waals surface area contributed by atoms with E-state index in [2.05, 4.69) is 6.92 Å². The van der Waals surface area contributed by atoms with Crippen LogP contribution in [0, 0.1) is 0 Å². The third kappa shape index (κ3) is 13.6. The molecule has 2 nitrogen and oxygen atoms in total. The SMILES string of the molecule is CCCCCCCCCCCCCCC(F)C(=O)O. The van der Waals surface area contributed by atoms with E-state index in [1.165, 1.54) is 57.8 Å². The number of carbonyl (C=O) groups is 1. The number of unbranched alkanes of at least 4 members (excludes halogenated alkanes) is 11. The third-order valence-corrected chi connectivity index (χ3v) is 3.58. The minimum Gasteiger partial charge on any atom is -0.479 e. The van der Waals surface area contributed by atoms with Gasteiger partial charge in [-0.05, 0) is 12.8 Å². The van der Waals surface area contributed by atoms with Crippen molar-refractivity contribution in [1.29, 1.82) is 0 Å². The molecule has 1 unspecified atom stereocenters. The molecule has 0 saturated carbocycles. The van der Waals surface area contributed by atoms with Crippen LogP contribution in [0.1, 0.15) is 90.4 Å². The highest BCUT2D eigenvalue weighted by Crippen LogP contribution is 2.13. The molecule has 0 fully saturated rings. The molecule has 0 aromatic heterocycles. The van der Waals surface area contributed by atoms with E-state index in [1.54, 1.807) is 0 Å². The van der Waals surface area contributed by atoms with Crippen molar-refractivity contribution in [3.05, 3.63) is 0 Å². The summed E-state index contributed by atoms with van der Waals surface area (Å²) in [6.07, 6.45) is 13.2. The zero-order valence-electron chi connectivity index (χ0n) is 12.5. The highest BCUT2D eigenvalue weighted by Gasteiger charge is 2.13. The van der Waals surface area contributed by atoms with Gasteiger partial charge in [0.1, 0.15) is 0 Å². The number of hydrogen-bond acceptors (Lipinski definition) is 1. The summed E-state index contributed by atoms with van der Waals surface area (Å²) in [5.74, 6) is -1.32. The first kappa shape index (κ1) is 18.4. The first-order valence-electron chi connectivity index (χ1n) is 8.05. The molecule has 114 valence electrons. The minimum absolute atomic E-state index is 0.173. The third-order valence-electron chi connectivity index (χ3n) is 3.58. The number of halogens is 1.